The van der Waals surface area contributed by atoms with E-state index in [1.165, 1.54) is 10.4 Å². The van der Waals surface area contributed by atoms with E-state index in [2.05, 4.69) is 24.4 Å². The minimum Gasteiger partial charge on any atom is -0.375 e. The highest BCUT2D eigenvalue weighted by atomic mass is 32.1. The Morgan fingerprint density at radius 1 is 1.32 bits per heavy atom. The van der Waals surface area contributed by atoms with Gasteiger partial charge in [0.15, 0.2) is 0 Å². The normalized spacial score (nSPS) is 12.6. The minimum atomic E-state index is 0.0443. The summed E-state index contributed by atoms with van der Waals surface area (Å²) in [7, 11) is 1.72. The molecule has 1 N–H and O–H groups in total. The Kier molecular flexibility index (Phi) is 5.07. The summed E-state index contributed by atoms with van der Waals surface area (Å²) in [6.07, 6.45) is 0.0443. The second-order valence-electron chi connectivity index (χ2n) is 4.35. The van der Waals surface area contributed by atoms with Gasteiger partial charge < -0.3 is 10.1 Å². The molecular formula is C15H20N2OS. The lowest BCUT2D eigenvalue weighted by atomic mass is 10.1. The highest BCUT2D eigenvalue weighted by molar-refractivity contribution is 7.12. The fourth-order valence-electron chi connectivity index (χ4n) is 1.82. The first-order chi connectivity index (χ1) is 9.26. The van der Waals surface area contributed by atoms with E-state index in [1.54, 1.807) is 18.4 Å². The van der Waals surface area contributed by atoms with Crippen LogP contribution in [0.5, 0.6) is 0 Å². The Bertz CT molecular complexity index is 510. The van der Waals surface area contributed by atoms with Crippen molar-refractivity contribution in [2.45, 2.75) is 26.5 Å². The number of hydrogen-bond donors (Lipinski definition) is 1. The first kappa shape index (κ1) is 14.2. The van der Waals surface area contributed by atoms with E-state index in [0.29, 0.717) is 0 Å². The van der Waals surface area contributed by atoms with Gasteiger partial charge in [0, 0.05) is 24.1 Å². The van der Waals surface area contributed by atoms with E-state index < -0.39 is 0 Å². The van der Waals surface area contributed by atoms with Crippen molar-refractivity contribution in [1.29, 1.82) is 0 Å². The molecule has 0 spiro atoms. The van der Waals surface area contributed by atoms with Crippen LogP contribution in [0, 0.1) is 0 Å². The lowest BCUT2D eigenvalue weighted by Crippen LogP contribution is -2.11. The minimum absolute atomic E-state index is 0.0443. The molecule has 0 fully saturated rings. The van der Waals surface area contributed by atoms with Crippen LogP contribution in [-0.2, 0) is 11.3 Å². The van der Waals surface area contributed by atoms with Gasteiger partial charge in [-0.15, -0.1) is 11.3 Å². The average molecular weight is 276 g/mol. The third kappa shape index (κ3) is 3.41. The number of nitrogens with zero attached hydrogens (tertiary/aromatic N) is 1. The molecule has 2 rings (SSSR count). The van der Waals surface area contributed by atoms with Crippen LogP contribution in [0.3, 0.4) is 0 Å². The van der Waals surface area contributed by atoms with Crippen molar-refractivity contribution in [2.75, 3.05) is 13.7 Å². The van der Waals surface area contributed by atoms with Crippen molar-refractivity contribution < 1.29 is 4.74 Å². The van der Waals surface area contributed by atoms with Gasteiger partial charge in [-0.25, -0.2) is 4.98 Å². The number of methoxy groups -OCH3 is 1. The molecule has 102 valence electrons. The molecule has 0 aliphatic heterocycles. The van der Waals surface area contributed by atoms with E-state index in [-0.39, 0.29) is 6.10 Å². The monoisotopic (exact) mass is 276 g/mol. The van der Waals surface area contributed by atoms with Crippen molar-refractivity contribution in [3.05, 3.63) is 40.2 Å². The van der Waals surface area contributed by atoms with Crippen LogP contribution in [0.1, 0.15) is 29.8 Å². The molecule has 2 aromatic rings. The van der Waals surface area contributed by atoms with E-state index >= 15 is 0 Å². The van der Waals surface area contributed by atoms with E-state index in [1.807, 2.05) is 25.1 Å². The third-order valence-electron chi connectivity index (χ3n) is 3.00. The van der Waals surface area contributed by atoms with Gasteiger partial charge in [-0.05, 0) is 13.5 Å². The SMILES string of the molecule is CCNCc1sc(C(C)OC)nc1-c1ccccc1. The summed E-state index contributed by atoms with van der Waals surface area (Å²) in [4.78, 5) is 6.03. The number of benzene rings is 1. The van der Waals surface area contributed by atoms with Gasteiger partial charge in [-0.2, -0.15) is 0 Å². The third-order valence-corrected chi connectivity index (χ3v) is 4.21. The summed E-state index contributed by atoms with van der Waals surface area (Å²) in [5.74, 6) is 0. The molecule has 0 bridgehead atoms. The zero-order chi connectivity index (χ0) is 13.7. The summed E-state index contributed by atoms with van der Waals surface area (Å²) in [6, 6.07) is 10.3. The van der Waals surface area contributed by atoms with Gasteiger partial charge in [0.2, 0.25) is 0 Å². The van der Waals surface area contributed by atoms with E-state index in [4.69, 9.17) is 9.72 Å². The molecule has 1 aromatic carbocycles. The Morgan fingerprint density at radius 2 is 2.05 bits per heavy atom. The number of thiazole rings is 1. The summed E-state index contributed by atoms with van der Waals surface area (Å²) in [5.41, 5.74) is 2.24. The summed E-state index contributed by atoms with van der Waals surface area (Å²) < 4.78 is 5.37. The van der Waals surface area contributed by atoms with Crippen LogP contribution in [0.15, 0.2) is 30.3 Å². The Balaban J connectivity index is 2.36. The topological polar surface area (TPSA) is 34.1 Å². The van der Waals surface area contributed by atoms with Crippen LogP contribution in [-0.4, -0.2) is 18.6 Å². The predicted molar refractivity (Wildman–Crippen MR) is 80.4 cm³/mol. The molecule has 0 aliphatic carbocycles. The lowest BCUT2D eigenvalue weighted by Gasteiger charge is -2.03. The molecule has 3 nitrogen and oxygen atoms in total. The molecule has 19 heavy (non-hydrogen) atoms. The largest absolute Gasteiger partial charge is 0.375 e. The van der Waals surface area contributed by atoms with Crippen molar-refractivity contribution in [3.8, 4) is 11.3 Å². The molecule has 0 amide bonds. The van der Waals surface area contributed by atoms with E-state index in [0.717, 1.165) is 23.8 Å². The van der Waals surface area contributed by atoms with Gasteiger partial charge in [-0.1, -0.05) is 37.3 Å². The highest BCUT2D eigenvalue weighted by Crippen LogP contribution is 2.31. The van der Waals surface area contributed by atoms with Gasteiger partial charge in [0.1, 0.15) is 11.1 Å². The summed E-state index contributed by atoms with van der Waals surface area (Å²) in [5, 5.41) is 4.41. The van der Waals surface area contributed by atoms with Crippen molar-refractivity contribution in [1.82, 2.24) is 10.3 Å². The van der Waals surface area contributed by atoms with Crippen LogP contribution in [0.4, 0.5) is 0 Å². The molecule has 1 atom stereocenters. The number of ether oxygens (including phenoxy) is 1. The molecule has 0 aliphatic rings. The lowest BCUT2D eigenvalue weighted by molar-refractivity contribution is 0.119. The first-order valence-electron chi connectivity index (χ1n) is 6.54. The zero-order valence-corrected chi connectivity index (χ0v) is 12.5. The van der Waals surface area contributed by atoms with Gasteiger partial charge >= 0.3 is 0 Å². The molecule has 0 saturated carbocycles. The fraction of sp³-hybridized carbons (Fsp3) is 0.400. The number of nitrogens with one attached hydrogen (secondary N) is 1. The molecular weight excluding hydrogens is 256 g/mol. The van der Waals surface area contributed by atoms with Crippen LogP contribution < -0.4 is 5.32 Å². The van der Waals surface area contributed by atoms with E-state index in [9.17, 15) is 0 Å². The smallest absolute Gasteiger partial charge is 0.122 e. The van der Waals surface area contributed by atoms with Crippen LogP contribution in [0.2, 0.25) is 0 Å². The van der Waals surface area contributed by atoms with Crippen LogP contribution in [0.25, 0.3) is 11.3 Å². The predicted octanol–water partition coefficient (Wildman–Crippen LogP) is 3.63. The molecule has 0 radical (unpaired) electrons. The Morgan fingerprint density at radius 3 is 2.68 bits per heavy atom. The van der Waals surface area contributed by atoms with Gasteiger partial charge in [0.05, 0.1) is 5.69 Å². The first-order valence-corrected chi connectivity index (χ1v) is 7.36. The second kappa shape index (κ2) is 6.80. The van der Waals surface area contributed by atoms with Crippen molar-refractivity contribution in [2.24, 2.45) is 0 Å². The van der Waals surface area contributed by atoms with Gasteiger partial charge in [-0.3, -0.25) is 0 Å². The molecule has 0 saturated heterocycles. The maximum Gasteiger partial charge on any atom is 0.122 e. The molecule has 4 heteroatoms. The van der Waals surface area contributed by atoms with Crippen molar-refractivity contribution in [3.63, 3.8) is 0 Å². The average Bonchev–Trinajstić information content (AvgIpc) is 2.89. The quantitative estimate of drug-likeness (QED) is 0.875. The molecule has 1 unspecified atom stereocenters. The molecule has 1 heterocycles. The summed E-state index contributed by atoms with van der Waals surface area (Å²) in [6.45, 7) is 5.96. The number of hydrogen-bond acceptors (Lipinski definition) is 4. The number of rotatable bonds is 6. The highest BCUT2D eigenvalue weighted by Gasteiger charge is 2.16. The zero-order valence-electron chi connectivity index (χ0n) is 11.6. The standard InChI is InChI=1S/C15H20N2OS/c1-4-16-10-13-14(12-8-6-5-7-9-12)17-15(19-13)11(2)18-3/h5-9,11,16H,4,10H2,1-3H3. The maximum absolute atomic E-state index is 5.37. The maximum atomic E-state index is 5.37. The van der Waals surface area contributed by atoms with Gasteiger partial charge in [0.25, 0.3) is 0 Å². The van der Waals surface area contributed by atoms with Crippen LogP contribution >= 0.6 is 11.3 Å². The fourth-order valence-corrected chi connectivity index (χ4v) is 2.91. The van der Waals surface area contributed by atoms with Crippen molar-refractivity contribution >= 4 is 11.3 Å². The Hall–Kier alpha value is -1.23. The second-order valence-corrected chi connectivity index (χ2v) is 5.46. The molecule has 1 aromatic heterocycles. The Labute approximate surface area is 118 Å². The summed E-state index contributed by atoms with van der Waals surface area (Å²) >= 11 is 1.73. The number of aromatic nitrogens is 1.